The molecular weight excluding hydrogens is 380 g/mol. The number of aryl methyl sites for hydroxylation is 1. The number of aromatic amines is 1. The Hall–Kier alpha value is -3.19. The Morgan fingerprint density at radius 1 is 0.967 bits per heavy atom. The molecule has 2 aromatic carbocycles. The predicted octanol–water partition coefficient (Wildman–Crippen LogP) is 2.35. The zero-order valence-electron chi connectivity index (χ0n) is 16.9. The number of nitrogens with zero attached hydrogens (tertiary/aromatic N) is 3. The molecule has 2 N–H and O–H groups in total. The minimum atomic E-state index is -1.14. The lowest BCUT2D eigenvalue weighted by Gasteiger charge is -2.35. The van der Waals surface area contributed by atoms with Crippen molar-refractivity contribution in [3.8, 4) is 11.1 Å². The second-order valence-electron chi connectivity index (χ2n) is 8.27. The predicted molar refractivity (Wildman–Crippen MR) is 113 cm³/mol. The number of carbonyl (C=O) groups is 2. The maximum absolute atomic E-state index is 12.9. The van der Waals surface area contributed by atoms with Crippen LogP contribution in [0.4, 0.5) is 0 Å². The summed E-state index contributed by atoms with van der Waals surface area (Å²) in [5.41, 5.74) is 3.60. The molecule has 0 radical (unpaired) electrons. The van der Waals surface area contributed by atoms with Crippen molar-refractivity contribution in [2.24, 2.45) is 0 Å². The van der Waals surface area contributed by atoms with E-state index in [0.717, 1.165) is 27.7 Å². The number of hydrogen-bond acceptors (Lipinski definition) is 4. The fourth-order valence-corrected chi connectivity index (χ4v) is 4.04. The second-order valence-corrected chi connectivity index (χ2v) is 8.27. The standard InChI is InChI=1S/C23H24N4O3/c1-15-19-14-18(6-7-20(19)25-24-15)16-2-4-17(5-3-16)21(28)26-10-12-27(13-11-26)22(29)23(30)8-9-23/h2-7,14,30H,8-13H2,1H3,(H,24,25). The number of rotatable bonds is 3. The largest absolute Gasteiger partial charge is 0.380 e. The van der Waals surface area contributed by atoms with E-state index in [0.29, 0.717) is 44.6 Å². The number of aromatic nitrogens is 2. The zero-order chi connectivity index (χ0) is 20.9. The van der Waals surface area contributed by atoms with Crippen molar-refractivity contribution in [3.63, 3.8) is 0 Å². The molecule has 2 fully saturated rings. The first-order valence-electron chi connectivity index (χ1n) is 10.3. The molecule has 0 unspecified atom stereocenters. The van der Waals surface area contributed by atoms with Gasteiger partial charge in [0.1, 0.15) is 5.60 Å². The minimum absolute atomic E-state index is 0.0279. The molecule has 7 nitrogen and oxygen atoms in total. The molecule has 30 heavy (non-hydrogen) atoms. The third-order valence-corrected chi connectivity index (χ3v) is 6.19. The number of amides is 2. The smallest absolute Gasteiger partial charge is 0.254 e. The first-order chi connectivity index (χ1) is 14.4. The first-order valence-corrected chi connectivity index (χ1v) is 10.3. The lowest BCUT2D eigenvalue weighted by atomic mass is 10.0. The van der Waals surface area contributed by atoms with E-state index in [-0.39, 0.29) is 11.8 Å². The Bertz CT molecular complexity index is 1120. The molecule has 1 aliphatic heterocycles. The highest BCUT2D eigenvalue weighted by atomic mass is 16.3. The summed E-state index contributed by atoms with van der Waals surface area (Å²) in [6, 6.07) is 13.8. The molecule has 2 heterocycles. The van der Waals surface area contributed by atoms with Crippen LogP contribution in [0.25, 0.3) is 22.0 Å². The summed E-state index contributed by atoms with van der Waals surface area (Å²) >= 11 is 0. The number of benzene rings is 2. The summed E-state index contributed by atoms with van der Waals surface area (Å²) in [6.07, 6.45) is 1.09. The van der Waals surface area contributed by atoms with Crippen molar-refractivity contribution in [2.75, 3.05) is 26.2 Å². The third-order valence-electron chi connectivity index (χ3n) is 6.19. The van der Waals surface area contributed by atoms with Crippen LogP contribution in [0.2, 0.25) is 0 Å². The Labute approximate surface area is 174 Å². The van der Waals surface area contributed by atoms with Crippen LogP contribution in [-0.2, 0) is 4.79 Å². The molecule has 0 atom stereocenters. The fourth-order valence-electron chi connectivity index (χ4n) is 4.04. The van der Waals surface area contributed by atoms with Crippen molar-refractivity contribution in [2.45, 2.75) is 25.4 Å². The van der Waals surface area contributed by atoms with Gasteiger partial charge >= 0.3 is 0 Å². The van der Waals surface area contributed by atoms with Crippen LogP contribution in [-0.4, -0.2) is 68.7 Å². The van der Waals surface area contributed by atoms with E-state index < -0.39 is 5.60 Å². The molecule has 2 aliphatic rings. The van der Waals surface area contributed by atoms with Crippen LogP contribution in [0.3, 0.4) is 0 Å². The van der Waals surface area contributed by atoms with Gasteiger partial charge in [-0.2, -0.15) is 5.10 Å². The van der Waals surface area contributed by atoms with Crippen molar-refractivity contribution in [3.05, 3.63) is 53.7 Å². The van der Waals surface area contributed by atoms with Crippen LogP contribution in [0.5, 0.6) is 0 Å². The Morgan fingerprint density at radius 3 is 2.27 bits per heavy atom. The molecule has 0 spiro atoms. The number of carbonyl (C=O) groups excluding carboxylic acids is 2. The van der Waals surface area contributed by atoms with Gasteiger partial charge in [0.2, 0.25) is 0 Å². The van der Waals surface area contributed by atoms with Crippen molar-refractivity contribution >= 4 is 22.7 Å². The summed E-state index contributed by atoms with van der Waals surface area (Å²) in [4.78, 5) is 28.6. The summed E-state index contributed by atoms with van der Waals surface area (Å²) in [7, 11) is 0. The van der Waals surface area contributed by atoms with Crippen LogP contribution >= 0.6 is 0 Å². The number of H-pyrrole nitrogens is 1. The molecule has 2 amide bonds. The highest BCUT2D eigenvalue weighted by molar-refractivity contribution is 5.95. The number of fused-ring (bicyclic) bond motifs is 1. The van der Waals surface area contributed by atoms with E-state index in [9.17, 15) is 14.7 Å². The molecular formula is C23H24N4O3. The number of hydrogen-bond donors (Lipinski definition) is 2. The van der Waals surface area contributed by atoms with Gasteiger partial charge in [0.15, 0.2) is 0 Å². The third kappa shape index (κ3) is 3.25. The Morgan fingerprint density at radius 2 is 1.60 bits per heavy atom. The maximum Gasteiger partial charge on any atom is 0.254 e. The monoisotopic (exact) mass is 404 g/mol. The van der Waals surface area contributed by atoms with Gasteiger partial charge in [0, 0.05) is 42.8 Å². The Balaban J connectivity index is 1.26. The van der Waals surface area contributed by atoms with Crippen LogP contribution in [0, 0.1) is 6.92 Å². The SMILES string of the molecule is Cc1[nH]nc2ccc(-c3ccc(C(=O)N4CCN(C(=O)C5(O)CC5)CC4)cc3)cc12. The Kier molecular flexibility index (Phi) is 4.36. The van der Waals surface area contributed by atoms with Gasteiger partial charge < -0.3 is 14.9 Å². The summed E-state index contributed by atoms with van der Waals surface area (Å²) in [6.45, 7) is 3.90. The maximum atomic E-state index is 12.9. The van der Waals surface area contributed by atoms with E-state index in [1.165, 1.54) is 0 Å². The van der Waals surface area contributed by atoms with Gasteiger partial charge in [-0.25, -0.2) is 0 Å². The van der Waals surface area contributed by atoms with Gasteiger partial charge in [-0.05, 0) is 55.2 Å². The quantitative estimate of drug-likeness (QED) is 0.701. The molecule has 5 rings (SSSR count). The average Bonchev–Trinajstić information content (AvgIpc) is 3.44. The summed E-state index contributed by atoms with van der Waals surface area (Å²) < 4.78 is 0. The lowest BCUT2D eigenvalue weighted by molar-refractivity contribution is -0.143. The van der Waals surface area contributed by atoms with Crippen LogP contribution < -0.4 is 0 Å². The zero-order valence-corrected chi connectivity index (χ0v) is 16.9. The molecule has 7 heteroatoms. The van der Waals surface area contributed by atoms with Gasteiger partial charge in [0.25, 0.3) is 11.8 Å². The van der Waals surface area contributed by atoms with Crippen molar-refractivity contribution in [1.29, 1.82) is 0 Å². The van der Waals surface area contributed by atoms with Gasteiger partial charge in [-0.3, -0.25) is 14.7 Å². The fraction of sp³-hybridized carbons (Fsp3) is 0.348. The highest BCUT2D eigenvalue weighted by Gasteiger charge is 2.50. The van der Waals surface area contributed by atoms with Gasteiger partial charge in [0.05, 0.1) is 5.52 Å². The number of nitrogens with one attached hydrogen (secondary N) is 1. The van der Waals surface area contributed by atoms with Gasteiger partial charge in [-0.1, -0.05) is 18.2 Å². The topological polar surface area (TPSA) is 89.5 Å². The summed E-state index contributed by atoms with van der Waals surface area (Å²) in [5, 5.41) is 18.4. The second kappa shape index (κ2) is 6.95. The molecule has 1 saturated heterocycles. The number of aliphatic hydroxyl groups is 1. The highest BCUT2D eigenvalue weighted by Crippen LogP contribution is 2.37. The molecule has 1 aliphatic carbocycles. The lowest BCUT2D eigenvalue weighted by Crippen LogP contribution is -2.53. The van der Waals surface area contributed by atoms with Gasteiger partial charge in [-0.15, -0.1) is 0 Å². The van der Waals surface area contributed by atoms with Crippen LogP contribution in [0.1, 0.15) is 28.9 Å². The van der Waals surface area contributed by atoms with Crippen LogP contribution in [0.15, 0.2) is 42.5 Å². The van der Waals surface area contributed by atoms with E-state index >= 15 is 0 Å². The average molecular weight is 404 g/mol. The first kappa shape index (κ1) is 18.8. The van der Waals surface area contributed by atoms with Crippen molar-refractivity contribution < 1.29 is 14.7 Å². The van der Waals surface area contributed by atoms with Crippen molar-refractivity contribution in [1.82, 2.24) is 20.0 Å². The normalized spacial score (nSPS) is 17.9. The van der Waals surface area contributed by atoms with E-state index in [2.05, 4.69) is 16.3 Å². The van der Waals surface area contributed by atoms with E-state index in [1.807, 2.05) is 43.3 Å². The molecule has 154 valence electrons. The number of piperazine rings is 1. The molecule has 0 bridgehead atoms. The molecule has 1 saturated carbocycles. The minimum Gasteiger partial charge on any atom is -0.380 e. The van der Waals surface area contributed by atoms with E-state index in [1.54, 1.807) is 9.80 Å². The van der Waals surface area contributed by atoms with E-state index in [4.69, 9.17) is 0 Å². The molecule has 3 aromatic rings. The molecule has 1 aromatic heterocycles. The summed E-state index contributed by atoms with van der Waals surface area (Å²) in [5.74, 6) is -0.219.